The quantitative estimate of drug-likeness (QED) is 0.906. The first kappa shape index (κ1) is 17.2. The Morgan fingerprint density at radius 3 is 2.68 bits per heavy atom. The van der Waals surface area contributed by atoms with Crippen molar-refractivity contribution >= 4 is 17.3 Å². The van der Waals surface area contributed by atoms with E-state index in [4.69, 9.17) is 4.74 Å². The van der Waals surface area contributed by atoms with Gasteiger partial charge < -0.3 is 19.9 Å². The molecular formula is C19H24N4O2. The molecule has 1 fully saturated rings. The number of benzene rings is 1. The molecule has 1 saturated heterocycles. The van der Waals surface area contributed by atoms with E-state index in [2.05, 4.69) is 27.0 Å². The molecule has 0 spiro atoms. The first-order valence-corrected chi connectivity index (χ1v) is 8.58. The zero-order valence-electron chi connectivity index (χ0n) is 14.7. The van der Waals surface area contributed by atoms with E-state index in [9.17, 15) is 4.79 Å². The van der Waals surface area contributed by atoms with Crippen LogP contribution in [0.5, 0.6) is 5.75 Å². The summed E-state index contributed by atoms with van der Waals surface area (Å²) in [6, 6.07) is 9.27. The first-order valence-electron chi connectivity index (χ1n) is 8.58. The van der Waals surface area contributed by atoms with Crippen molar-refractivity contribution in [3.63, 3.8) is 0 Å². The number of nitrogens with one attached hydrogen (secondary N) is 1. The minimum Gasteiger partial charge on any atom is -0.495 e. The Bertz CT molecular complexity index is 727. The summed E-state index contributed by atoms with van der Waals surface area (Å²) in [6.45, 7) is 7.23. The van der Waals surface area contributed by atoms with Gasteiger partial charge in [0.2, 0.25) is 0 Å². The Kier molecular flexibility index (Phi) is 5.50. The maximum Gasteiger partial charge on any atom is 0.257 e. The second-order valence-corrected chi connectivity index (χ2v) is 6.01. The Labute approximate surface area is 148 Å². The smallest absolute Gasteiger partial charge is 0.257 e. The van der Waals surface area contributed by atoms with Gasteiger partial charge in [0, 0.05) is 32.4 Å². The Hall–Kier alpha value is -2.60. The molecule has 0 saturated carbocycles. The Balaban J connectivity index is 1.72. The van der Waals surface area contributed by atoms with Crippen LogP contribution >= 0.6 is 0 Å². The van der Waals surface area contributed by atoms with Crippen molar-refractivity contribution in [1.82, 2.24) is 9.88 Å². The average Bonchev–Trinajstić information content (AvgIpc) is 2.68. The minimum absolute atomic E-state index is 0.189. The molecule has 0 aliphatic carbocycles. The van der Waals surface area contributed by atoms with Crippen LogP contribution in [0, 0.1) is 0 Å². The molecule has 1 aromatic carbocycles. The van der Waals surface area contributed by atoms with Crippen LogP contribution in [0.4, 0.5) is 11.4 Å². The largest absolute Gasteiger partial charge is 0.495 e. The van der Waals surface area contributed by atoms with Crippen LogP contribution in [0.25, 0.3) is 0 Å². The first-order chi connectivity index (χ1) is 12.2. The highest BCUT2D eigenvalue weighted by Gasteiger charge is 2.17. The molecule has 25 heavy (non-hydrogen) atoms. The third-order valence-corrected chi connectivity index (χ3v) is 4.53. The highest BCUT2D eigenvalue weighted by Crippen LogP contribution is 2.24. The molecule has 1 aromatic heterocycles. The SMILES string of the molecule is CCN1CCN(c2cncc(C(=O)Nc3ccccc3OC)c2)CC1. The molecule has 0 radical (unpaired) electrons. The van der Waals surface area contributed by atoms with Gasteiger partial charge in [0.1, 0.15) is 5.75 Å². The van der Waals surface area contributed by atoms with Crippen molar-refractivity contribution in [2.24, 2.45) is 0 Å². The third kappa shape index (κ3) is 4.09. The van der Waals surface area contributed by atoms with Crippen LogP contribution in [0.3, 0.4) is 0 Å². The third-order valence-electron chi connectivity index (χ3n) is 4.53. The van der Waals surface area contributed by atoms with E-state index < -0.39 is 0 Å². The number of amides is 1. The number of pyridine rings is 1. The molecule has 2 aromatic rings. The van der Waals surface area contributed by atoms with E-state index in [1.165, 1.54) is 0 Å². The lowest BCUT2D eigenvalue weighted by Crippen LogP contribution is -2.46. The number of aromatic nitrogens is 1. The van der Waals surface area contributed by atoms with Crippen molar-refractivity contribution in [2.75, 3.05) is 50.1 Å². The maximum atomic E-state index is 12.6. The molecule has 1 amide bonds. The number of piperazine rings is 1. The second kappa shape index (κ2) is 7.98. The number of hydrogen-bond donors (Lipinski definition) is 1. The van der Waals surface area contributed by atoms with E-state index in [1.54, 1.807) is 13.3 Å². The number of nitrogens with zero attached hydrogens (tertiary/aromatic N) is 3. The minimum atomic E-state index is -0.189. The van der Waals surface area contributed by atoms with Crippen molar-refractivity contribution in [3.05, 3.63) is 48.3 Å². The molecule has 1 aliphatic rings. The average molecular weight is 340 g/mol. The van der Waals surface area contributed by atoms with Gasteiger partial charge in [-0.15, -0.1) is 0 Å². The monoisotopic (exact) mass is 340 g/mol. The van der Waals surface area contributed by atoms with Crippen molar-refractivity contribution < 1.29 is 9.53 Å². The summed E-state index contributed by atoms with van der Waals surface area (Å²) in [7, 11) is 1.59. The van der Waals surface area contributed by atoms with Gasteiger partial charge >= 0.3 is 0 Å². The molecule has 0 bridgehead atoms. The molecule has 132 valence electrons. The summed E-state index contributed by atoms with van der Waals surface area (Å²) in [5.41, 5.74) is 2.18. The highest BCUT2D eigenvalue weighted by molar-refractivity contribution is 6.05. The van der Waals surface area contributed by atoms with E-state index in [-0.39, 0.29) is 5.91 Å². The van der Waals surface area contributed by atoms with E-state index in [0.29, 0.717) is 17.0 Å². The lowest BCUT2D eigenvalue weighted by Gasteiger charge is -2.35. The summed E-state index contributed by atoms with van der Waals surface area (Å²) < 4.78 is 5.28. The van der Waals surface area contributed by atoms with Gasteiger partial charge in [-0.3, -0.25) is 9.78 Å². The fourth-order valence-electron chi connectivity index (χ4n) is 2.99. The Morgan fingerprint density at radius 1 is 1.20 bits per heavy atom. The molecule has 1 aliphatic heterocycles. The predicted octanol–water partition coefficient (Wildman–Crippen LogP) is 2.48. The lowest BCUT2D eigenvalue weighted by atomic mass is 10.2. The fourth-order valence-corrected chi connectivity index (χ4v) is 2.99. The number of likely N-dealkylation sites (N-methyl/N-ethyl adjacent to an activating group) is 1. The molecule has 1 N–H and O–H groups in total. The lowest BCUT2D eigenvalue weighted by molar-refractivity contribution is 0.102. The number of ether oxygens (including phenoxy) is 1. The number of carbonyl (C=O) groups is 1. The molecule has 6 nitrogen and oxygen atoms in total. The Morgan fingerprint density at radius 2 is 1.96 bits per heavy atom. The molecule has 2 heterocycles. The normalized spacial score (nSPS) is 15.0. The number of para-hydroxylation sites is 2. The molecular weight excluding hydrogens is 316 g/mol. The summed E-state index contributed by atoms with van der Waals surface area (Å²) in [4.78, 5) is 21.5. The van der Waals surface area contributed by atoms with Crippen molar-refractivity contribution in [3.8, 4) is 5.75 Å². The fraction of sp³-hybridized carbons (Fsp3) is 0.368. The van der Waals surface area contributed by atoms with Crippen LogP contribution in [-0.4, -0.2) is 55.6 Å². The van der Waals surface area contributed by atoms with Crippen molar-refractivity contribution in [2.45, 2.75) is 6.92 Å². The standard InChI is InChI=1S/C19H24N4O2/c1-3-22-8-10-23(11-9-22)16-12-15(13-20-14-16)19(24)21-17-6-4-5-7-18(17)25-2/h4-7,12-14H,3,8-11H2,1-2H3,(H,21,24). The van der Waals surface area contributed by atoms with Gasteiger partial charge in [0.05, 0.1) is 30.2 Å². The summed E-state index contributed by atoms with van der Waals surface area (Å²) in [6.07, 6.45) is 3.41. The van der Waals surface area contributed by atoms with E-state index >= 15 is 0 Å². The number of carbonyl (C=O) groups excluding carboxylic acids is 1. The van der Waals surface area contributed by atoms with Crippen LogP contribution in [-0.2, 0) is 0 Å². The second-order valence-electron chi connectivity index (χ2n) is 6.01. The highest BCUT2D eigenvalue weighted by atomic mass is 16.5. The number of anilines is 2. The molecule has 0 unspecified atom stereocenters. The van der Waals surface area contributed by atoms with Gasteiger partial charge in [-0.05, 0) is 24.7 Å². The van der Waals surface area contributed by atoms with E-state index in [1.807, 2.05) is 36.5 Å². The van der Waals surface area contributed by atoms with Crippen LogP contribution < -0.4 is 15.0 Å². The van der Waals surface area contributed by atoms with Gasteiger partial charge in [0.25, 0.3) is 5.91 Å². The summed E-state index contributed by atoms with van der Waals surface area (Å²) in [5.74, 6) is 0.446. The topological polar surface area (TPSA) is 57.7 Å². The zero-order valence-corrected chi connectivity index (χ0v) is 14.7. The van der Waals surface area contributed by atoms with Gasteiger partial charge in [0.15, 0.2) is 0 Å². The number of rotatable bonds is 5. The molecule has 0 atom stereocenters. The van der Waals surface area contributed by atoms with Gasteiger partial charge in [-0.2, -0.15) is 0 Å². The number of methoxy groups -OCH3 is 1. The maximum absolute atomic E-state index is 12.6. The van der Waals surface area contributed by atoms with E-state index in [0.717, 1.165) is 38.4 Å². The van der Waals surface area contributed by atoms with Crippen LogP contribution in [0.2, 0.25) is 0 Å². The molecule has 3 rings (SSSR count). The molecule has 6 heteroatoms. The zero-order chi connectivity index (χ0) is 17.6. The summed E-state index contributed by atoms with van der Waals surface area (Å²) >= 11 is 0. The predicted molar refractivity (Wildman–Crippen MR) is 99.5 cm³/mol. The van der Waals surface area contributed by atoms with Crippen LogP contribution in [0.1, 0.15) is 17.3 Å². The van der Waals surface area contributed by atoms with Gasteiger partial charge in [-0.1, -0.05) is 19.1 Å². The van der Waals surface area contributed by atoms with Crippen molar-refractivity contribution in [1.29, 1.82) is 0 Å². The number of hydrogen-bond acceptors (Lipinski definition) is 5. The van der Waals surface area contributed by atoms with Gasteiger partial charge in [-0.25, -0.2) is 0 Å². The van der Waals surface area contributed by atoms with Crippen LogP contribution in [0.15, 0.2) is 42.7 Å². The summed E-state index contributed by atoms with van der Waals surface area (Å²) in [5, 5.41) is 2.89.